The van der Waals surface area contributed by atoms with Crippen LogP contribution in [0.1, 0.15) is 20.3 Å². The normalized spacial score (nSPS) is 21.1. The number of anilines is 2. The molecule has 3 rings (SSSR count). The number of halogens is 1. The molecule has 1 atom stereocenters. The van der Waals surface area contributed by atoms with Gasteiger partial charge in [0.05, 0.1) is 12.3 Å². The molecule has 0 aliphatic carbocycles. The minimum absolute atomic E-state index is 0.195. The van der Waals surface area contributed by atoms with Gasteiger partial charge in [-0.3, -0.25) is 9.10 Å². The molecule has 1 fully saturated rings. The molecule has 2 aromatic rings. The summed E-state index contributed by atoms with van der Waals surface area (Å²) in [7, 11) is -3.88. The summed E-state index contributed by atoms with van der Waals surface area (Å²) in [6, 6.07) is 13.3. The summed E-state index contributed by atoms with van der Waals surface area (Å²) >= 11 is 5.88. The summed E-state index contributed by atoms with van der Waals surface area (Å²) in [5, 5.41) is 3.23. The molecule has 6 nitrogen and oxygen atoms in total. The smallest absolute Gasteiger partial charge is 0.249 e. The number of sulfonamides is 1. The Balaban J connectivity index is 1.80. The maximum absolute atomic E-state index is 13.1. The predicted octanol–water partition coefficient (Wildman–Crippen LogP) is 3.68. The highest BCUT2D eigenvalue weighted by Gasteiger charge is 2.54. The van der Waals surface area contributed by atoms with Crippen LogP contribution in [0.2, 0.25) is 5.02 Å². The fourth-order valence-corrected chi connectivity index (χ4v) is 4.96. The molecule has 1 N–H and O–H groups in total. The van der Waals surface area contributed by atoms with E-state index in [2.05, 4.69) is 5.32 Å². The van der Waals surface area contributed by atoms with Gasteiger partial charge in [0.15, 0.2) is 4.75 Å². The molecule has 1 amide bonds. The van der Waals surface area contributed by atoms with E-state index in [4.69, 9.17) is 16.3 Å². The van der Waals surface area contributed by atoms with Crippen molar-refractivity contribution in [2.24, 2.45) is 0 Å². The molecule has 1 saturated heterocycles. The maximum atomic E-state index is 13.1. The molecule has 0 saturated carbocycles. The molecule has 2 aromatic carbocycles. The van der Waals surface area contributed by atoms with Crippen LogP contribution in [0.3, 0.4) is 0 Å². The number of nitrogens with zero attached hydrogens (tertiary/aromatic N) is 1. The highest BCUT2D eigenvalue weighted by atomic mass is 35.5. The lowest BCUT2D eigenvalue weighted by Crippen LogP contribution is -2.47. The molecule has 1 heterocycles. The van der Waals surface area contributed by atoms with E-state index in [1.165, 1.54) is 11.2 Å². The van der Waals surface area contributed by atoms with E-state index in [0.717, 1.165) is 0 Å². The summed E-state index contributed by atoms with van der Waals surface area (Å²) < 4.78 is 31.2. The standard InChI is InChI=1S/C19H21ClN2O4S/c1-3-26-17-10-6-15(7-11-17)21-18(23)19(2)12-13-22(27(19,24)25)16-8-4-14(20)5-9-16/h4-11H,3,12-13H2,1-2H3,(H,21,23). The molecule has 0 bridgehead atoms. The number of benzene rings is 2. The van der Waals surface area contributed by atoms with Gasteiger partial charge in [0.1, 0.15) is 5.75 Å². The van der Waals surface area contributed by atoms with Crippen LogP contribution >= 0.6 is 11.6 Å². The first-order chi connectivity index (χ1) is 12.8. The quantitative estimate of drug-likeness (QED) is 0.818. The second-order valence-corrected chi connectivity index (χ2v) is 9.17. The van der Waals surface area contributed by atoms with Crippen molar-refractivity contribution in [1.29, 1.82) is 0 Å². The van der Waals surface area contributed by atoms with E-state index < -0.39 is 20.7 Å². The van der Waals surface area contributed by atoms with Gasteiger partial charge in [-0.15, -0.1) is 0 Å². The molecule has 27 heavy (non-hydrogen) atoms. The fraction of sp³-hybridized carbons (Fsp3) is 0.316. The molecule has 144 valence electrons. The number of carbonyl (C=O) groups is 1. The summed E-state index contributed by atoms with van der Waals surface area (Å²) in [6.07, 6.45) is 0.195. The van der Waals surface area contributed by atoms with Crippen molar-refractivity contribution in [3.8, 4) is 5.75 Å². The summed E-state index contributed by atoms with van der Waals surface area (Å²) in [5.41, 5.74) is 1.02. The monoisotopic (exact) mass is 408 g/mol. The van der Waals surface area contributed by atoms with E-state index >= 15 is 0 Å². The Morgan fingerprint density at radius 2 is 1.81 bits per heavy atom. The molecule has 8 heteroatoms. The van der Waals surface area contributed by atoms with E-state index in [1.54, 1.807) is 48.5 Å². The predicted molar refractivity (Wildman–Crippen MR) is 107 cm³/mol. The van der Waals surface area contributed by atoms with Crippen molar-refractivity contribution in [3.63, 3.8) is 0 Å². The van der Waals surface area contributed by atoms with Gasteiger partial charge < -0.3 is 10.1 Å². The third-order valence-corrected chi connectivity index (χ3v) is 7.42. The Kier molecular flexibility index (Phi) is 5.35. The highest BCUT2D eigenvalue weighted by molar-refractivity contribution is 7.95. The van der Waals surface area contributed by atoms with Gasteiger partial charge in [-0.05, 0) is 68.8 Å². The van der Waals surface area contributed by atoms with E-state index in [0.29, 0.717) is 28.8 Å². The van der Waals surface area contributed by atoms with Gasteiger partial charge in [-0.1, -0.05) is 11.6 Å². The average molecular weight is 409 g/mol. The van der Waals surface area contributed by atoms with Crippen LogP contribution in [0.4, 0.5) is 11.4 Å². The van der Waals surface area contributed by atoms with Crippen molar-refractivity contribution in [3.05, 3.63) is 53.6 Å². The van der Waals surface area contributed by atoms with Crippen LogP contribution in [-0.2, 0) is 14.8 Å². The third-order valence-electron chi connectivity index (χ3n) is 4.67. The Bertz CT molecular complexity index is 929. The number of carbonyl (C=O) groups excluding carboxylic acids is 1. The number of amides is 1. The van der Waals surface area contributed by atoms with Crippen molar-refractivity contribution >= 4 is 38.9 Å². The Hall–Kier alpha value is -2.25. The summed E-state index contributed by atoms with van der Waals surface area (Å²) in [4.78, 5) is 12.8. The number of hydrogen-bond acceptors (Lipinski definition) is 4. The van der Waals surface area contributed by atoms with Gasteiger partial charge in [0.2, 0.25) is 15.9 Å². The van der Waals surface area contributed by atoms with Crippen LogP contribution in [-0.4, -0.2) is 32.2 Å². The first-order valence-electron chi connectivity index (χ1n) is 8.60. The van der Waals surface area contributed by atoms with E-state index in [1.807, 2.05) is 6.92 Å². The molecule has 1 unspecified atom stereocenters. The molecule has 0 spiro atoms. The number of hydrogen-bond donors (Lipinski definition) is 1. The largest absolute Gasteiger partial charge is 0.494 e. The van der Waals surface area contributed by atoms with Crippen molar-refractivity contribution in [2.45, 2.75) is 25.0 Å². The molecule has 0 radical (unpaired) electrons. The van der Waals surface area contributed by atoms with Gasteiger partial charge in [0.25, 0.3) is 0 Å². The van der Waals surface area contributed by atoms with Crippen LogP contribution < -0.4 is 14.4 Å². The van der Waals surface area contributed by atoms with Gasteiger partial charge in [0, 0.05) is 17.3 Å². The zero-order valence-corrected chi connectivity index (χ0v) is 16.7. The van der Waals surface area contributed by atoms with Crippen molar-refractivity contribution < 1.29 is 17.9 Å². The van der Waals surface area contributed by atoms with Crippen molar-refractivity contribution in [1.82, 2.24) is 0 Å². The maximum Gasteiger partial charge on any atom is 0.249 e. The minimum atomic E-state index is -3.88. The van der Waals surface area contributed by atoms with Gasteiger partial charge in [-0.25, -0.2) is 8.42 Å². The molecular weight excluding hydrogens is 388 g/mol. The lowest BCUT2D eigenvalue weighted by atomic mass is 10.1. The Labute approximate surface area is 164 Å². The number of rotatable bonds is 5. The molecular formula is C19H21ClN2O4S. The van der Waals surface area contributed by atoms with Gasteiger partial charge in [-0.2, -0.15) is 0 Å². The second kappa shape index (κ2) is 7.40. The topological polar surface area (TPSA) is 75.7 Å². The van der Waals surface area contributed by atoms with Crippen LogP contribution in [0, 0.1) is 0 Å². The van der Waals surface area contributed by atoms with E-state index in [9.17, 15) is 13.2 Å². The first kappa shape index (κ1) is 19.5. The number of nitrogens with one attached hydrogen (secondary N) is 1. The first-order valence-corrected chi connectivity index (χ1v) is 10.4. The fourth-order valence-electron chi connectivity index (χ4n) is 2.98. The Morgan fingerprint density at radius 1 is 1.19 bits per heavy atom. The molecule has 0 aromatic heterocycles. The van der Waals surface area contributed by atoms with Crippen LogP contribution in [0.15, 0.2) is 48.5 Å². The molecule has 1 aliphatic heterocycles. The Morgan fingerprint density at radius 3 is 2.41 bits per heavy atom. The van der Waals surface area contributed by atoms with Gasteiger partial charge >= 0.3 is 0 Å². The summed E-state index contributed by atoms with van der Waals surface area (Å²) in [5.74, 6) is 0.132. The van der Waals surface area contributed by atoms with Crippen LogP contribution in [0.25, 0.3) is 0 Å². The summed E-state index contributed by atoms with van der Waals surface area (Å²) in [6.45, 7) is 4.12. The third kappa shape index (κ3) is 3.61. The minimum Gasteiger partial charge on any atom is -0.494 e. The lowest BCUT2D eigenvalue weighted by molar-refractivity contribution is -0.118. The second-order valence-electron chi connectivity index (χ2n) is 6.45. The SMILES string of the molecule is CCOc1ccc(NC(=O)C2(C)CCN(c3ccc(Cl)cc3)S2(=O)=O)cc1. The lowest BCUT2D eigenvalue weighted by Gasteiger charge is -2.25. The van der Waals surface area contributed by atoms with Crippen LogP contribution in [0.5, 0.6) is 5.75 Å². The highest BCUT2D eigenvalue weighted by Crippen LogP contribution is 2.37. The average Bonchev–Trinajstić information content (AvgIpc) is 2.88. The zero-order valence-electron chi connectivity index (χ0n) is 15.1. The zero-order chi connectivity index (χ0) is 19.7. The molecule has 1 aliphatic rings. The van der Waals surface area contributed by atoms with E-state index in [-0.39, 0.29) is 13.0 Å². The number of ether oxygens (including phenoxy) is 1. The van der Waals surface area contributed by atoms with Crippen molar-refractivity contribution in [2.75, 3.05) is 22.8 Å².